The van der Waals surface area contributed by atoms with Crippen molar-refractivity contribution in [2.75, 3.05) is 18.4 Å². The smallest absolute Gasteiger partial charge is 0.301 e. The number of carbonyl (C=O) groups is 2. The number of anilines is 1. The van der Waals surface area contributed by atoms with Crippen LogP contribution in [0.25, 0.3) is 21.9 Å². The van der Waals surface area contributed by atoms with Gasteiger partial charge < -0.3 is 9.73 Å². The second kappa shape index (κ2) is 9.02. The molecule has 7 nitrogen and oxygen atoms in total. The Hall–Kier alpha value is -3.13. The molecule has 1 saturated heterocycles. The fourth-order valence-corrected chi connectivity index (χ4v) is 4.33. The lowest BCUT2D eigenvalue weighted by atomic mass is 9.97. The molecule has 1 aliphatic rings. The van der Waals surface area contributed by atoms with Gasteiger partial charge in [-0.3, -0.25) is 15.0 Å². The predicted octanol–water partition coefficient (Wildman–Crippen LogP) is 5.28. The van der Waals surface area contributed by atoms with E-state index in [1.165, 1.54) is 0 Å². The van der Waals surface area contributed by atoms with E-state index < -0.39 is 0 Å². The predicted molar refractivity (Wildman–Crippen MR) is 128 cm³/mol. The van der Waals surface area contributed by atoms with Crippen LogP contribution in [0.3, 0.4) is 0 Å². The lowest BCUT2D eigenvalue weighted by Crippen LogP contribution is -2.48. The van der Waals surface area contributed by atoms with Gasteiger partial charge in [0.25, 0.3) is 0 Å². The van der Waals surface area contributed by atoms with E-state index in [0.717, 1.165) is 16.3 Å². The number of carbonyl (C=O) groups excluding carboxylic acids is 2. The van der Waals surface area contributed by atoms with Gasteiger partial charge in [-0.2, -0.15) is 0 Å². The van der Waals surface area contributed by atoms with Crippen LogP contribution in [0.2, 0.25) is 10.0 Å². The fraction of sp³-hybridized carbons (Fsp3) is 0.208. The Morgan fingerprint density at radius 2 is 1.67 bits per heavy atom. The number of hydrogen-bond acceptors (Lipinski definition) is 5. The third-order valence-electron chi connectivity index (χ3n) is 5.73. The number of furan rings is 1. The molecule has 0 radical (unpaired) electrons. The average molecular weight is 483 g/mol. The first-order valence-corrected chi connectivity index (χ1v) is 11.3. The molecule has 0 bridgehead atoms. The molecule has 2 N–H and O–H groups in total. The van der Waals surface area contributed by atoms with Crippen LogP contribution in [-0.2, 0) is 4.79 Å². The first kappa shape index (κ1) is 21.7. The molecule has 4 aromatic rings. The van der Waals surface area contributed by atoms with Crippen molar-refractivity contribution in [1.82, 2.24) is 15.4 Å². The summed E-state index contributed by atoms with van der Waals surface area (Å²) in [5.41, 5.74) is 4.23. The number of fused-ring (bicyclic) bond motifs is 2. The van der Waals surface area contributed by atoms with Crippen LogP contribution < -0.4 is 10.7 Å². The molecule has 9 heteroatoms. The maximum atomic E-state index is 12.7. The highest BCUT2D eigenvalue weighted by molar-refractivity contribution is 6.31. The van der Waals surface area contributed by atoms with E-state index in [-0.39, 0.29) is 23.5 Å². The van der Waals surface area contributed by atoms with E-state index in [9.17, 15) is 9.59 Å². The van der Waals surface area contributed by atoms with Gasteiger partial charge in [0, 0.05) is 39.8 Å². The van der Waals surface area contributed by atoms with E-state index in [1.54, 1.807) is 36.4 Å². The summed E-state index contributed by atoms with van der Waals surface area (Å²) >= 11 is 12.0. The van der Waals surface area contributed by atoms with Crippen molar-refractivity contribution < 1.29 is 14.0 Å². The van der Waals surface area contributed by atoms with E-state index in [4.69, 9.17) is 27.6 Å². The minimum Gasteiger partial charge on any atom is -0.451 e. The molecule has 2 amide bonds. The van der Waals surface area contributed by atoms with Crippen molar-refractivity contribution in [2.24, 2.45) is 5.92 Å². The Morgan fingerprint density at radius 1 is 0.939 bits per heavy atom. The standard InChI is InChI=1S/C24H20Cl2N4O3/c25-17-2-4-19-15(11-17)1-6-22(27-19)28-23(31)14-7-9-30(10-8-14)29-24(32)21-13-16-12-18(26)3-5-20(16)33-21/h1-6,11-14H,7-10H2,(H,29,32)(H,27,28,31). The zero-order chi connectivity index (χ0) is 22.9. The fourth-order valence-electron chi connectivity index (χ4n) is 3.97. The third-order valence-corrected chi connectivity index (χ3v) is 6.20. The van der Waals surface area contributed by atoms with Gasteiger partial charge >= 0.3 is 5.91 Å². The van der Waals surface area contributed by atoms with Crippen molar-refractivity contribution in [1.29, 1.82) is 0 Å². The Kier molecular flexibility index (Phi) is 5.93. The van der Waals surface area contributed by atoms with Crippen LogP contribution in [0.15, 0.2) is 59.0 Å². The van der Waals surface area contributed by atoms with Gasteiger partial charge in [0.05, 0.1) is 5.52 Å². The van der Waals surface area contributed by atoms with Gasteiger partial charge in [0.1, 0.15) is 11.4 Å². The number of piperidine rings is 1. The Balaban J connectivity index is 1.16. The summed E-state index contributed by atoms with van der Waals surface area (Å²) in [6.45, 7) is 1.11. The van der Waals surface area contributed by atoms with Crippen molar-refractivity contribution >= 4 is 62.7 Å². The molecule has 0 atom stereocenters. The van der Waals surface area contributed by atoms with E-state index in [1.807, 2.05) is 23.2 Å². The molecular weight excluding hydrogens is 463 g/mol. The number of hydrogen-bond donors (Lipinski definition) is 2. The van der Waals surface area contributed by atoms with Crippen LogP contribution in [0, 0.1) is 5.92 Å². The topological polar surface area (TPSA) is 87.5 Å². The normalized spacial score (nSPS) is 15.1. The summed E-state index contributed by atoms with van der Waals surface area (Å²) in [4.78, 5) is 29.8. The Bertz CT molecular complexity index is 1360. The highest BCUT2D eigenvalue weighted by atomic mass is 35.5. The maximum Gasteiger partial charge on any atom is 0.301 e. The highest BCUT2D eigenvalue weighted by Gasteiger charge is 2.27. The molecule has 0 saturated carbocycles. The van der Waals surface area contributed by atoms with Crippen molar-refractivity contribution in [2.45, 2.75) is 12.8 Å². The quantitative estimate of drug-likeness (QED) is 0.412. The zero-order valence-electron chi connectivity index (χ0n) is 17.5. The SMILES string of the molecule is O=C(NN1CCC(C(=O)Nc2ccc3cc(Cl)ccc3n2)CC1)c1cc2cc(Cl)ccc2o1. The summed E-state index contributed by atoms with van der Waals surface area (Å²) in [6, 6.07) is 16.0. The summed E-state index contributed by atoms with van der Waals surface area (Å²) in [6.07, 6.45) is 1.23. The van der Waals surface area contributed by atoms with Crippen LogP contribution in [0.1, 0.15) is 23.4 Å². The monoisotopic (exact) mass is 482 g/mol. The minimum absolute atomic E-state index is 0.0732. The number of halogens is 2. The molecule has 0 aliphatic carbocycles. The summed E-state index contributed by atoms with van der Waals surface area (Å²) in [5.74, 6) is 0.169. The zero-order valence-corrected chi connectivity index (χ0v) is 19.0. The van der Waals surface area contributed by atoms with Crippen molar-refractivity contribution in [3.05, 3.63) is 70.4 Å². The van der Waals surface area contributed by atoms with Crippen LogP contribution >= 0.6 is 23.2 Å². The summed E-state index contributed by atoms with van der Waals surface area (Å²) in [7, 11) is 0. The summed E-state index contributed by atoms with van der Waals surface area (Å²) < 4.78 is 5.61. The molecule has 2 aromatic heterocycles. The first-order valence-electron chi connectivity index (χ1n) is 10.6. The lowest BCUT2D eigenvalue weighted by Gasteiger charge is -2.31. The third kappa shape index (κ3) is 4.80. The number of aromatic nitrogens is 1. The minimum atomic E-state index is -0.328. The van der Waals surface area contributed by atoms with Gasteiger partial charge in [-0.15, -0.1) is 0 Å². The van der Waals surface area contributed by atoms with E-state index in [0.29, 0.717) is 47.4 Å². The first-order chi connectivity index (χ1) is 15.9. The number of amides is 2. The summed E-state index contributed by atoms with van der Waals surface area (Å²) in [5, 5.41) is 7.63. The Morgan fingerprint density at radius 3 is 2.45 bits per heavy atom. The maximum absolute atomic E-state index is 12.7. The molecule has 1 fully saturated rings. The average Bonchev–Trinajstić information content (AvgIpc) is 3.23. The lowest BCUT2D eigenvalue weighted by molar-refractivity contribution is -0.121. The molecule has 0 spiro atoms. The molecule has 1 aliphatic heterocycles. The van der Waals surface area contributed by atoms with Crippen LogP contribution in [0.4, 0.5) is 5.82 Å². The second-order valence-electron chi connectivity index (χ2n) is 8.02. The Labute approximate surface area is 199 Å². The van der Waals surface area contributed by atoms with Gasteiger partial charge in [0.2, 0.25) is 5.91 Å². The van der Waals surface area contributed by atoms with Gasteiger partial charge in [-0.25, -0.2) is 9.99 Å². The largest absolute Gasteiger partial charge is 0.451 e. The molecule has 33 heavy (non-hydrogen) atoms. The number of pyridine rings is 1. The number of nitrogens with one attached hydrogen (secondary N) is 2. The van der Waals surface area contributed by atoms with Crippen molar-refractivity contribution in [3.8, 4) is 0 Å². The van der Waals surface area contributed by atoms with E-state index in [2.05, 4.69) is 15.7 Å². The molecular formula is C24H20Cl2N4O3. The molecule has 5 rings (SSSR count). The van der Waals surface area contributed by atoms with Crippen molar-refractivity contribution in [3.63, 3.8) is 0 Å². The van der Waals surface area contributed by atoms with E-state index >= 15 is 0 Å². The highest BCUT2D eigenvalue weighted by Crippen LogP contribution is 2.24. The number of benzene rings is 2. The van der Waals surface area contributed by atoms with Gasteiger partial charge in [-0.1, -0.05) is 23.2 Å². The number of rotatable bonds is 4. The van der Waals surface area contributed by atoms with Gasteiger partial charge in [-0.05, 0) is 67.4 Å². The van der Waals surface area contributed by atoms with Crippen LogP contribution in [-0.4, -0.2) is 34.9 Å². The number of hydrazine groups is 1. The second-order valence-corrected chi connectivity index (χ2v) is 8.89. The molecule has 168 valence electrons. The molecule has 3 heterocycles. The number of nitrogens with zero attached hydrogens (tertiary/aromatic N) is 2. The molecule has 0 unspecified atom stereocenters. The molecule has 2 aromatic carbocycles. The van der Waals surface area contributed by atoms with Crippen LogP contribution in [0.5, 0.6) is 0 Å². The van der Waals surface area contributed by atoms with Gasteiger partial charge in [0.15, 0.2) is 5.76 Å².